The van der Waals surface area contributed by atoms with Crippen LogP contribution in [0.15, 0.2) is 34.0 Å². The van der Waals surface area contributed by atoms with E-state index >= 15 is 0 Å². The standard InChI is InChI=1S/C11H11FN2S2.C2H2O4/c12-9-3-1-8(2-4-9)10-7-16-11(14-10)15-6-5-13;3-1(4)2(5)6/h1-4,7H,5-6,13H2;(H,3,4)(H,5,6). The maximum absolute atomic E-state index is 12.7. The number of carboxylic acid groups (broad SMARTS) is 2. The SMILES string of the molecule is NCCSc1nc(-c2ccc(F)cc2)cs1.O=C(O)C(=O)O. The van der Waals surface area contributed by atoms with Crippen LogP contribution in [0.1, 0.15) is 0 Å². The maximum Gasteiger partial charge on any atom is 0.414 e. The van der Waals surface area contributed by atoms with Gasteiger partial charge in [-0.2, -0.15) is 0 Å². The molecule has 118 valence electrons. The molecule has 0 saturated heterocycles. The summed E-state index contributed by atoms with van der Waals surface area (Å²) in [6.07, 6.45) is 0. The first-order valence-corrected chi connectivity index (χ1v) is 7.81. The van der Waals surface area contributed by atoms with Crippen molar-refractivity contribution in [3.63, 3.8) is 0 Å². The zero-order valence-corrected chi connectivity index (χ0v) is 12.9. The number of aromatic nitrogens is 1. The number of benzene rings is 1. The van der Waals surface area contributed by atoms with Crippen molar-refractivity contribution < 1.29 is 24.2 Å². The van der Waals surface area contributed by atoms with E-state index in [4.69, 9.17) is 25.5 Å². The molecule has 9 heteroatoms. The Labute approximate surface area is 133 Å². The van der Waals surface area contributed by atoms with Crippen LogP contribution in [0.4, 0.5) is 4.39 Å². The molecule has 1 aromatic carbocycles. The predicted octanol–water partition coefficient (Wildman–Crippen LogP) is 2.16. The van der Waals surface area contributed by atoms with E-state index in [1.165, 1.54) is 12.1 Å². The number of halogens is 1. The lowest BCUT2D eigenvalue weighted by atomic mass is 10.2. The van der Waals surface area contributed by atoms with Gasteiger partial charge in [-0.1, -0.05) is 11.8 Å². The van der Waals surface area contributed by atoms with Crippen LogP contribution in [0.3, 0.4) is 0 Å². The number of hydrogen-bond donors (Lipinski definition) is 3. The summed E-state index contributed by atoms with van der Waals surface area (Å²) in [5, 5.41) is 16.8. The summed E-state index contributed by atoms with van der Waals surface area (Å²) < 4.78 is 13.7. The minimum Gasteiger partial charge on any atom is -0.473 e. The largest absolute Gasteiger partial charge is 0.473 e. The van der Waals surface area contributed by atoms with Crippen molar-refractivity contribution in [1.82, 2.24) is 4.98 Å². The highest BCUT2D eigenvalue weighted by Crippen LogP contribution is 2.27. The van der Waals surface area contributed by atoms with Crippen molar-refractivity contribution in [2.45, 2.75) is 4.34 Å². The van der Waals surface area contributed by atoms with Crippen molar-refractivity contribution in [3.05, 3.63) is 35.5 Å². The average molecular weight is 344 g/mol. The molecule has 0 saturated carbocycles. The molecule has 0 bridgehead atoms. The molecule has 0 aliphatic heterocycles. The molecule has 0 radical (unpaired) electrons. The zero-order chi connectivity index (χ0) is 16.5. The van der Waals surface area contributed by atoms with Crippen LogP contribution < -0.4 is 5.73 Å². The van der Waals surface area contributed by atoms with Gasteiger partial charge in [-0.15, -0.1) is 11.3 Å². The highest BCUT2D eigenvalue weighted by atomic mass is 32.2. The van der Waals surface area contributed by atoms with E-state index in [1.54, 1.807) is 35.2 Å². The molecule has 0 aliphatic rings. The Hall–Kier alpha value is -1.97. The van der Waals surface area contributed by atoms with Crippen LogP contribution in [0, 0.1) is 5.82 Å². The quantitative estimate of drug-likeness (QED) is 0.575. The molecule has 2 aromatic rings. The number of carboxylic acids is 2. The Morgan fingerprint density at radius 2 is 1.82 bits per heavy atom. The molecule has 0 spiro atoms. The van der Waals surface area contributed by atoms with Crippen molar-refractivity contribution in [2.24, 2.45) is 5.73 Å². The van der Waals surface area contributed by atoms with E-state index in [9.17, 15) is 4.39 Å². The van der Waals surface area contributed by atoms with Gasteiger partial charge in [-0.25, -0.2) is 19.0 Å². The number of hydrogen-bond acceptors (Lipinski definition) is 6. The second kappa shape index (κ2) is 9.13. The molecule has 0 aliphatic carbocycles. The van der Waals surface area contributed by atoms with E-state index in [0.717, 1.165) is 21.3 Å². The summed E-state index contributed by atoms with van der Waals surface area (Å²) in [4.78, 5) is 22.7. The van der Waals surface area contributed by atoms with Gasteiger partial charge in [0.05, 0.1) is 5.69 Å². The first kappa shape index (κ1) is 18.1. The van der Waals surface area contributed by atoms with Crippen molar-refractivity contribution in [3.8, 4) is 11.3 Å². The van der Waals surface area contributed by atoms with Crippen LogP contribution in [0.5, 0.6) is 0 Å². The second-order valence-electron chi connectivity index (χ2n) is 3.75. The van der Waals surface area contributed by atoms with Gasteiger partial charge in [-0.3, -0.25) is 0 Å². The average Bonchev–Trinajstić information content (AvgIpc) is 2.95. The predicted molar refractivity (Wildman–Crippen MR) is 82.6 cm³/mol. The summed E-state index contributed by atoms with van der Waals surface area (Å²) >= 11 is 3.24. The van der Waals surface area contributed by atoms with E-state index in [2.05, 4.69) is 4.98 Å². The first-order valence-electron chi connectivity index (χ1n) is 5.94. The number of carbonyl (C=O) groups is 2. The summed E-state index contributed by atoms with van der Waals surface area (Å²) in [5.74, 6) is -3.00. The number of thioether (sulfide) groups is 1. The van der Waals surface area contributed by atoms with Gasteiger partial charge in [0.1, 0.15) is 5.82 Å². The Bertz CT molecular complexity index is 619. The third-order valence-electron chi connectivity index (χ3n) is 2.15. The number of nitrogens with two attached hydrogens (primary N) is 1. The molecule has 6 nitrogen and oxygen atoms in total. The maximum atomic E-state index is 12.7. The summed E-state index contributed by atoms with van der Waals surface area (Å²) in [7, 11) is 0. The van der Waals surface area contributed by atoms with Crippen LogP contribution in [0.25, 0.3) is 11.3 Å². The Morgan fingerprint density at radius 1 is 1.23 bits per heavy atom. The van der Waals surface area contributed by atoms with Gasteiger partial charge >= 0.3 is 11.9 Å². The molecule has 0 unspecified atom stereocenters. The van der Waals surface area contributed by atoms with Gasteiger partial charge < -0.3 is 15.9 Å². The molecule has 1 heterocycles. The van der Waals surface area contributed by atoms with Gasteiger partial charge in [-0.05, 0) is 24.3 Å². The fourth-order valence-corrected chi connectivity index (χ4v) is 2.90. The first-order chi connectivity index (χ1) is 10.4. The Kier molecular flexibility index (Phi) is 7.50. The van der Waals surface area contributed by atoms with Gasteiger partial charge in [0.25, 0.3) is 0 Å². The molecule has 0 amide bonds. The van der Waals surface area contributed by atoms with Crippen LogP contribution in [-0.2, 0) is 9.59 Å². The molecule has 4 N–H and O–H groups in total. The van der Waals surface area contributed by atoms with Crippen LogP contribution in [0.2, 0.25) is 0 Å². The van der Waals surface area contributed by atoms with E-state index < -0.39 is 11.9 Å². The fourth-order valence-electron chi connectivity index (χ4n) is 1.22. The third kappa shape index (κ3) is 6.20. The van der Waals surface area contributed by atoms with Crippen LogP contribution >= 0.6 is 23.1 Å². The molecule has 22 heavy (non-hydrogen) atoms. The van der Waals surface area contributed by atoms with E-state index in [1.807, 2.05) is 5.38 Å². The number of thiazole rings is 1. The van der Waals surface area contributed by atoms with Gasteiger partial charge in [0.15, 0.2) is 4.34 Å². The molecule has 0 atom stereocenters. The zero-order valence-electron chi connectivity index (χ0n) is 11.2. The van der Waals surface area contributed by atoms with E-state index in [-0.39, 0.29) is 5.82 Å². The topological polar surface area (TPSA) is 114 Å². The second-order valence-corrected chi connectivity index (χ2v) is 5.95. The number of aliphatic carboxylic acids is 2. The van der Waals surface area contributed by atoms with Crippen molar-refractivity contribution in [2.75, 3.05) is 12.3 Å². The molecule has 2 rings (SSSR count). The smallest absolute Gasteiger partial charge is 0.414 e. The number of rotatable bonds is 4. The summed E-state index contributed by atoms with van der Waals surface area (Å²) in [6.45, 7) is 0.649. The fraction of sp³-hybridized carbons (Fsp3) is 0.154. The van der Waals surface area contributed by atoms with Crippen molar-refractivity contribution >= 4 is 35.0 Å². The Balaban J connectivity index is 0.000000346. The highest BCUT2D eigenvalue weighted by molar-refractivity contribution is 8.01. The summed E-state index contributed by atoms with van der Waals surface area (Å²) in [6, 6.07) is 6.37. The monoisotopic (exact) mass is 344 g/mol. The lowest BCUT2D eigenvalue weighted by Crippen LogP contribution is -2.09. The number of nitrogens with zero attached hydrogens (tertiary/aromatic N) is 1. The molecular weight excluding hydrogens is 331 g/mol. The lowest BCUT2D eigenvalue weighted by molar-refractivity contribution is -0.159. The minimum absolute atomic E-state index is 0.225. The summed E-state index contributed by atoms with van der Waals surface area (Å²) in [5.41, 5.74) is 7.26. The van der Waals surface area contributed by atoms with Gasteiger partial charge in [0.2, 0.25) is 0 Å². The van der Waals surface area contributed by atoms with Crippen molar-refractivity contribution in [1.29, 1.82) is 0 Å². The molecule has 1 aromatic heterocycles. The van der Waals surface area contributed by atoms with Crippen LogP contribution in [-0.4, -0.2) is 39.4 Å². The normalized spacial score (nSPS) is 9.73. The molecule has 0 fully saturated rings. The Morgan fingerprint density at radius 3 is 2.32 bits per heavy atom. The lowest BCUT2D eigenvalue weighted by Gasteiger charge is -1.95. The van der Waals surface area contributed by atoms with E-state index in [0.29, 0.717) is 6.54 Å². The van der Waals surface area contributed by atoms with Gasteiger partial charge in [0, 0.05) is 23.2 Å². The third-order valence-corrected chi connectivity index (χ3v) is 4.20. The molecular formula is C13H13FN2O4S2. The highest BCUT2D eigenvalue weighted by Gasteiger charge is 2.05. The minimum atomic E-state index is -1.82.